The van der Waals surface area contributed by atoms with Crippen LogP contribution in [0.5, 0.6) is 11.5 Å². The molecule has 3 rings (SSSR count). The second kappa shape index (κ2) is 8.80. The van der Waals surface area contributed by atoms with Gasteiger partial charge in [-0.2, -0.15) is 0 Å². The second-order valence-electron chi connectivity index (χ2n) is 7.02. The minimum atomic E-state index is -0.699. The standard InChI is InChI=1S/C19H27N3O4.ClH/c1-25-15-6-5-14(13-16(15)26-2)17(23)21-9-11-22(12-10-21)18(24)19(20)7-3-4-8-19;/h5-6,13H,3-4,7-12,20H2,1-2H3;1H. The highest BCUT2D eigenvalue weighted by atomic mass is 35.5. The number of hydrogen-bond donors (Lipinski definition) is 1. The second-order valence-corrected chi connectivity index (χ2v) is 7.02. The molecular weight excluding hydrogens is 370 g/mol. The molecule has 0 atom stereocenters. The van der Waals surface area contributed by atoms with E-state index in [9.17, 15) is 9.59 Å². The lowest BCUT2D eigenvalue weighted by molar-refractivity contribution is -0.138. The number of hydrogen-bond acceptors (Lipinski definition) is 5. The third-order valence-electron chi connectivity index (χ3n) is 5.41. The topological polar surface area (TPSA) is 85.1 Å². The van der Waals surface area contributed by atoms with Crippen molar-refractivity contribution in [2.24, 2.45) is 5.73 Å². The van der Waals surface area contributed by atoms with Crippen LogP contribution in [-0.2, 0) is 4.79 Å². The lowest BCUT2D eigenvalue weighted by Gasteiger charge is -2.38. The zero-order valence-electron chi connectivity index (χ0n) is 15.9. The van der Waals surface area contributed by atoms with Gasteiger partial charge in [0.25, 0.3) is 5.91 Å². The van der Waals surface area contributed by atoms with Gasteiger partial charge in [-0.25, -0.2) is 0 Å². The number of nitrogens with zero attached hydrogens (tertiary/aromatic N) is 2. The average molecular weight is 398 g/mol. The van der Waals surface area contributed by atoms with E-state index in [1.165, 1.54) is 0 Å². The number of carbonyl (C=O) groups excluding carboxylic acids is 2. The Hall–Kier alpha value is -1.99. The summed E-state index contributed by atoms with van der Waals surface area (Å²) in [5, 5.41) is 0. The molecule has 1 heterocycles. The number of piperazine rings is 1. The van der Waals surface area contributed by atoms with E-state index in [4.69, 9.17) is 15.2 Å². The zero-order valence-corrected chi connectivity index (χ0v) is 16.7. The first-order valence-corrected chi connectivity index (χ1v) is 9.08. The van der Waals surface area contributed by atoms with E-state index in [0.717, 1.165) is 25.7 Å². The SMILES string of the molecule is COc1ccc(C(=O)N2CCN(C(=O)C3(N)CCCC3)CC2)cc1OC.Cl. The lowest BCUT2D eigenvalue weighted by atomic mass is 9.97. The molecular formula is C19H28ClN3O4. The van der Waals surface area contributed by atoms with Gasteiger partial charge in [-0.3, -0.25) is 9.59 Å². The largest absolute Gasteiger partial charge is 0.493 e. The first-order chi connectivity index (χ1) is 12.5. The van der Waals surface area contributed by atoms with Gasteiger partial charge in [0, 0.05) is 31.7 Å². The van der Waals surface area contributed by atoms with E-state index in [0.29, 0.717) is 43.2 Å². The van der Waals surface area contributed by atoms with E-state index >= 15 is 0 Å². The van der Waals surface area contributed by atoms with Gasteiger partial charge in [0.15, 0.2) is 11.5 Å². The summed E-state index contributed by atoms with van der Waals surface area (Å²) in [4.78, 5) is 29.0. The molecule has 8 heteroatoms. The lowest BCUT2D eigenvalue weighted by Crippen LogP contribution is -2.59. The summed E-state index contributed by atoms with van der Waals surface area (Å²) in [6.45, 7) is 2.07. The van der Waals surface area contributed by atoms with Gasteiger partial charge < -0.3 is 25.0 Å². The van der Waals surface area contributed by atoms with Crippen molar-refractivity contribution in [2.45, 2.75) is 31.2 Å². The molecule has 1 aromatic rings. The number of rotatable bonds is 4. The van der Waals surface area contributed by atoms with Gasteiger partial charge in [-0.05, 0) is 31.0 Å². The minimum Gasteiger partial charge on any atom is -0.493 e. The fourth-order valence-corrected chi connectivity index (χ4v) is 3.80. The van der Waals surface area contributed by atoms with Crippen LogP contribution < -0.4 is 15.2 Å². The summed E-state index contributed by atoms with van der Waals surface area (Å²) in [7, 11) is 3.10. The molecule has 0 aromatic heterocycles. The molecule has 7 nitrogen and oxygen atoms in total. The van der Waals surface area contributed by atoms with Crippen LogP contribution in [0.1, 0.15) is 36.0 Å². The van der Waals surface area contributed by atoms with Crippen molar-refractivity contribution in [3.63, 3.8) is 0 Å². The van der Waals surface area contributed by atoms with Crippen LogP contribution in [0.25, 0.3) is 0 Å². The third-order valence-corrected chi connectivity index (χ3v) is 5.41. The maximum atomic E-state index is 12.8. The molecule has 2 fully saturated rings. The molecule has 2 aliphatic rings. The van der Waals surface area contributed by atoms with Crippen LogP contribution >= 0.6 is 12.4 Å². The summed E-state index contributed by atoms with van der Waals surface area (Å²) in [6, 6.07) is 5.14. The van der Waals surface area contributed by atoms with Crippen LogP contribution in [0.2, 0.25) is 0 Å². The quantitative estimate of drug-likeness (QED) is 0.835. The predicted octanol–water partition coefficient (Wildman–Crippen LogP) is 1.68. The number of carbonyl (C=O) groups is 2. The predicted molar refractivity (Wildman–Crippen MR) is 105 cm³/mol. The normalized spacial score (nSPS) is 18.6. The molecule has 27 heavy (non-hydrogen) atoms. The molecule has 0 spiro atoms. The number of amides is 2. The molecule has 1 aliphatic heterocycles. The Morgan fingerprint density at radius 3 is 2.07 bits per heavy atom. The van der Waals surface area contributed by atoms with Crippen LogP contribution in [-0.4, -0.2) is 67.6 Å². The zero-order chi connectivity index (χ0) is 18.7. The van der Waals surface area contributed by atoms with Crippen molar-refractivity contribution in [3.8, 4) is 11.5 Å². The van der Waals surface area contributed by atoms with Gasteiger partial charge in [0.1, 0.15) is 0 Å². The molecule has 0 radical (unpaired) electrons. The van der Waals surface area contributed by atoms with E-state index in [1.807, 2.05) is 4.90 Å². The smallest absolute Gasteiger partial charge is 0.254 e. The fourth-order valence-electron chi connectivity index (χ4n) is 3.80. The van der Waals surface area contributed by atoms with Crippen molar-refractivity contribution < 1.29 is 19.1 Å². The molecule has 0 unspecified atom stereocenters. The summed E-state index contributed by atoms with van der Waals surface area (Å²) >= 11 is 0. The molecule has 1 aliphatic carbocycles. The molecule has 2 N–H and O–H groups in total. The summed E-state index contributed by atoms with van der Waals surface area (Å²) < 4.78 is 10.5. The van der Waals surface area contributed by atoms with Crippen molar-refractivity contribution in [1.82, 2.24) is 9.80 Å². The molecule has 150 valence electrons. The maximum absolute atomic E-state index is 12.8. The van der Waals surface area contributed by atoms with Crippen LogP contribution in [0.3, 0.4) is 0 Å². The monoisotopic (exact) mass is 397 g/mol. The maximum Gasteiger partial charge on any atom is 0.254 e. The first kappa shape index (κ1) is 21.3. The summed E-state index contributed by atoms with van der Waals surface area (Å²) in [5.74, 6) is 1.08. The molecule has 2 amide bonds. The Morgan fingerprint density at radius 1 is 0.963 bits per heavy atom. The highest BCUT2D eigenvalue weighted by molar-refractivity contribution is 5.95. The number of methoxy groups -OCH3 is 2. The number of nitrogens with two attached hydrogens (primary N) is 1. The first-order valence-electron chi connectivity index (χ1n) is 9.08. The summed E-state index contributed by atoms with van der Waals surface area (Å²) in [6.07, 6.45) is 3.55. The van der Waals surface area contributed by atoms with Gasteiger partial charge in [-0.15, -0.1) is 12.4 Å². The van der Waals surface area contributed by atoms with Crippen LogP contribution in [0.4, 0.5) is 0 Å². The highest BCUT2D eigenvalue weighted by Gasteiger charge is 2.40. The fraction of sp³-hybridized carbons (Fsp3) is 0.579. The molecule has 1 saturated heterocycles. The van der Waals surface area contributed by atoms with Crippen LogP contribution in [0, 0.1) is 0 Å². The minimum absolute atomic E-state index is 0. The number of benzene rings is 1. The van der Waals surface area contributed by atoms with Gasteiger partial charge in [0.2, 0.25) is 5.91 Å². The molecule has 1 aromatic carbocycles. The molecule has 1 saturated carbocycles. The Labute approximate surface area is 166 Å². The van der Waals surface area contributed by atoms with E-state index in [2.05, 4.69) is 0 Å². The van der Waals surface area contributed by atoms with Crippen molar-refractivity contribution >= 4 is 24.2 Å². The third kappa shape index (κ3) is 4.30. The Bertz CT molecular complexity index is 684. The Kier molecular flexibility index (Phi) is 6.95. The Morgan fingerprint density at radius 2 is 1.52 bits per heavy atom. The van der Waals surface area contributed by atoms with E-state index in [-0.39, 0.29) is 24.2 Å². The van der Waals surface area contributed by atoms with Crippen molar-refractivity contribution in [2.75, 3.05) is 40.4 Å². The highest BCUT2D eigenvalue weighted by Crippen LogP contribution is 2.30. The van der Waals surface area contributed by atoms with E-state index < -0.39 is 5.54 Å². The average Bonchev–Trinajstić information content (AvgIpc) is 3.14. The van der Waals surface area contributed by atoms with Gasteiger partial charge in [-0.1, -0.05) is 12.8 Å². The van der Waals surface area contributed by atoms with E-state index in [1.54, 1.807) is 37.3 Å². The summed E-state index contributed by atoms with van der Waals surface area (Å²) in [5.41, 5.74) is 6.13. The Balaban J connectivity index is 0.00000261. The van der Waals surface area contributed by atoms with Crippen LogP contribution in [0.15, 0.2) is 18.2 Å². The number of ether oxygens (including phenoxy) is 2. The van der Waals surface area contributed by atoms with Gasteiger partial charge >= 0.3 is 0 Å². The van der Waals surface area contributed by atoms with Gasteiger partial charge in [0.05, 0.1) is 19.8 Å². The van der Waals surface area contributed by atoms with Crippen molar-refractivity contribution in [3.05, 3.63) is 23.8 Å². The molecule has 0 bridgehead atoms. The van der Waals surface area contributed by atoms with Crippen molar-refractivity contribution in [1.29, 1.82) is 0 Å². The number of halogens is 1.